The fourth-order valence-electron chi connectivity index (χ4n) is 3.40. The third-order valence-electron chi connectivity index (χ3n) is 5.03. The second-order valence-corrected chi connectivity index (χ2v) is 9.32. The highest BCUT2D eigenvalue weighted by molar-refractivity contribution is 7.92. The Morgan fingerprint density at radius 1 is 1.13 bits per heavy atom. The van der Waals surface area contributed by atoms with Gasteiger partial charge in [-0.25, -0.2) is 8.42 Å². The van der Waals surface area contributed by atoms with Gasteiger partial charge in [0, 0.05) is 19.0 Å². The van der Waals surface area contributed by atoms with Crippen LogP contribution in [0.1, 0.15) is 43.4 Å². The van der Waals surface area contributed by atoms with Gasteiger partial charge in [-0.1, -0.05) is 36.8 Å². The molecule has 0 fully saturated rings. The molecule has 1 heterocycles. The van der Waals surface area contributed by atoms with Crippen LogP contribution in [0.25, 0.3) is 0 Å². The van der Waals surface area contributed by atoms with E-state index in [0.29, 0.717) is 23.6 Å². The number of hydrogen-bond donors (Lipinski definition) is 1. The maximum absolute atomic E-state index is 12.5. The number of amides is 1. The molecule has 1 atom stereocenters. The first-order chi connectivity index (χ1) is 14.3. The van der Waals surface area contributed by atoms with Gasteiger partial charge in [-0.2, -0.15) is 0 Å². The van der Waals surface area contributed by atoms with Crippen LogP contribution >= 0.6 is 0 Å². The molecule has 0 radical (unpaired) electrons. The Labute approximate surface area is 178 Å². The van der Waals surface area contributed by atoms with Gasteiger partial charge in [-0.15, -0.1) is 0 Å². The maximum atomic E-state index is 12.5. The number of sulfonamides is 1. The molecular formula is C22H28N2O5S. The minimum Gasteiger partial charge on any atom is -0.454 e. The van der Waals surface area contributed by atoms with Gasteiger partial charge >= 0.3 is 0 Å². The fraction of sp³-hybridized carbons (Fsp3) is 0.409. The van der Waals surface area contributed by atoms with E-state index in [0.717, 1.165) is 18.2 Å². The number of ether oxygens (including phenoxy) is 2. The number of benzene rings is 2. The van der Waals surface area contributed by atoms with Crippen molar-refractivity contribution in [3.05, 3.63) is 53.6 Å². The predicted octanol–water partition coefficient (Wildman–Crippen LogP) is 3.54. The fourth-order valence-corrected chi connectivity index (χ4v) is 4.35. The van der Waals surface area contributed by atoms with Gasteiger partial charge in [0.1, 0.15) is 0 Å². The normalized spacial score (nSPS) is 13.7. The minimum atomic E-state index is -3.50. The average Bonchev–Trinajstić information content (AvgIpc) is 3.17. The number of fused-ring (bicyclic) bond motifs is 1. The van der Waals surface area contributed by atoms with Crippen LogP contribution in [0.3, 0.4) is 0 Å². The van der Waals surface area contributed by atoms with E-state index in [2.05, 4.69) is 5.32 Å². The van der Waals surface area contributed by atoms with Crippen molar-refractivity contribution in [3.8, 4) is 11.5 Å². The molecule has 0 spiro atoms. The molecule has 1 amide bonds. The highest BCUT2D eigenvalue weighted by Gasteiger charge is 2.22. The predicted molar refractivity (Wildman–Crippen MR) is 116 cm³/mol. The molecule has 2 aromatic rings. The van der Waals surface area contributed by atoms with Crippen molar-refractivity contribution in [2.24, 2.45) is 0 Å². The molecule has 3 rings (SSSR count). The van der Waals surface area contributed by atoms with Gasteiger partial charge in [-0.3, -0.25) is 9.10 Å². The first-order valence-corrected chi connectivity index (χ1v) is 11.9. The number of carbonyl (C=O) groups excluding carboxylic acids is 1. The molecule has 1 aliphatic rings. The smallest absolute Gasteiger partial charge is 0.232 e. The summed E-state index contributed by atoms with van der Waals surface area (Å²) in [5.41, 5.74) is 2.73. The van der Waals surface area contributed by atoms with Gasteiger partial charge < -0.3 is 14.8 Å². The van der Waals surface area contributed by atoms with Crippen molar-refractivity contribution in [1.82, 2.24) is 5.32 Å². The van der Waals surface area contributed by atoms with Crippen molar-refractivity contribution in [3.63, 3.8) is 0 Å². The third kappa shape index (κ3) is 5.44. The summed E-state index contributed by atoms with van der Waals surface area (Å²) in [7, 11) is -3.50. The number of carbonyl (C=O) groups is 1. The Bertz CT molecular complexity index is 989. The summed E-state index contributed by atoms with van der Waals surface area (Å²) in [6, 6.07) is 13.1. The second kappa shape index (κ2) is 9.38. The number of rotatable bonds is 9. The first kappa shape index (κ1) is 22.0. The van der Waals surface area contributed by atoms with Crippen molar-refractivity contribution < 1.29 is 22.7 Å². The summed E-state index contributed by atoms with van der Waals surface area (Å²) in [4.78, 5) is 12.5. The lowest BCUT2D eigenvalue weighted by Gasteiger charge is -2.23. The molecule has 0 bridgehead atoms. The molecule has 2 aromatic carbocycles. The molecule has 0 saturated carbocycles. The molecule has 0 saturated heterocycles. The van der Waals surface area contributed by atoms with Gasteiger partial charge in [0.15, 0.2) is 11.5 Å². The molecule has 7 nitrogen and oxygen atoms in total. The van der Waals surface area contributed by atoms with Gasteiger partial charge in [-0.05, 0) is 37.5 Å². The summed E-state index contributed by atoms with van der Waals surface area (Å²) in [6.45, 7) is 4.37. The Balaban J connectivity index is 1.59. The van der Waals surface area contributed by atoms with E-state index in [-0.39, 0.29) is 31.7 Å². The zero-order valence-electron chi connectivity index (χ0n) is 17.6. The molecule has 1 aliphatic heterocycles. The zero-order chi connectivity index (χ0) is 21.7. The Kier molecular flexibility index (Phi) is 6.87. The highest BCUT2D eigenvalue weighted by atomic mass is 32.2. The summed E-state index contributed by atoms with van der Waals surface area (Å²) >= 11 is 0. The van der Waals surface area contributed by atoms with E-state index in [9.17, 15) is 13.2 Å². The summed E-state index contributed by atoms with van der Waals surface area (Å²) in [5, 5.41) is 3.05. The summed E-state index contributed by atoms with van der Waals surface area (Å²) in [5.74, 6) is 1.01. The lowest BCUT2D eigenvalue weighted by Crippen LogP contribution is -2.33. The summed E-state index contributed by atoms with van der Waals surface area (Å²) in [6.07, 6.45) is 2.57. The number of anilines is 1. The molecule has 162 valence electrons. The molecule has 30 heavy (non-hydrogen) atoms. The van der Waals surface area contributed by atoms with Crippen LogP contribution in [-0.2, 0) is 14.8 Å². The first-order valence-electron chi connectivity index (χ1n) is 10.0. The number of nitrogens with zero attached hydrogens (tertiary/aromatic N) is 1. The van der Waals surface area contributed by atoms with E-state index in [4.69, 9.17) is 9.47 Å². The third-order valence-corrected chi connectivity index (χ3v) is 6.23. The lowest BCUT2D eigenvalue weighted by atomic mass is 10.0. The van der Waals surface area contributed by atoms with Gasteiger partial charge in [0.2, 0.25) is 22.7 Å². The van der Waals surface area contributed by atoms with Crippen LogP contribution in [0.15, 0.2) is 42.5 Å². The minimum absolute atomic E-state index is 0.0574. The van der Waals surface area contributed by atoms with Gasteiger partial charge in [0.05, 0.1) is 18.0 Å². The van der Waals surface area contributed by atoms with E-state index >= 15 is 0 Å². The van der Waals surface area contributed by atoms with E-state index < -0.39 is 10.0 Å². The molecule has 0 aliphatic carbocycles. The Morgan fingerprint density at radius 3 is 2.50 bits per heavy atom. The largest absolute Gasteiger partial charge is 0.454 e. The molecular weight excluding hydrogens is 404 g/mol. The van der Waals surface area contributed by atoms with Crippen molar-refractivity contribution in [2.45, 2.75) is 39.2 Å². The Hall–Kier alpha value is -2.74. The topological polar surface area (TPSA) is 84.9 Å². The lowest BCUT2D eigenvalue weighted by molar-refractivity contribution is -0.121. The molecule has 1 unspecified atom stereocenters. The summed E-state index contributed by atoms with van der Waals surface area (Å²) < 4.78 is 36.5. The average molecular weight is 433 g/mol. The zero-order valence-corrected chi connectivity index (χ0v) is 18.4. The van der Waals surface area contributed by atoms with Crippen molar-refractivity contribution >= 4 is 21.6 Å². The van der Waals surface area contributed by atoms with Crippen LogP contribution in [0.5, 0.6) is 11.5 Å². The van der Waals surface area contributed by atoms with Crippen molar-refractivity contribution in [1.29, 1.82) is 0 Å². The maximum Gasteiger partial charge on any atom is 0.232 e. The van der Waals surface area contributed by atoms with Gasteiger partial charge in [0.25, 0.3) is 0 Å². The Morgan fingerprint density at radius 2 is 1.83 bits per heavy atom. The van der Waals surface area contributed by atoms with Crippen LogP contribution in [0.4, 0.5) is 5.69 Å². The molecule has 0 aromatic heterocycles. The number of hydrogen-bond acceptors (Lipinski definition) is 5. The van der Waals surface area contributed by atoms with Crippen LogP contribution in [0, 0.1) is 6.92 Å². The van der Waals surface area contributed by atoms with Crippen LogP contribution in [0.2, 0.25) is 0 Å². The quantitative estimate of drug-likeness (QED) is 0.655. The monoisotopic (exact) mass is 432 g/mol. The van der Waals surface area contributed by atoms with E-state index in [1.807, 2.05) is 38.1 Å². The van der Waals surface area contributed by atoms with Crippen LogP contribution < -0.4 is 19.1 Å². The molecule has 1 N–H and O–H groups in total. The SMILES string of the molecule is CCC(NC(=O)CCCN(c1ccc2c(c1)OCO2)S(C)(=O)=O)c1ccc(C)cc1. The number of nitrogens with one attached hydrogen (secondary N) is 1. The molecule has 8 heteroatoms. The van der Waals surface area contributed by atoms with E-state index in [1.165, 1.54) is 9.87 Å². The standard InChI is InChI=1S/C22H28N2O5S/c1-4-19(17-9-7-16(2)8-10-17)23-22(25)6-5-13-24(30(3,26)27)18-11-12-20-21(14-18)29-15-28-20/h7-12,14,19H,4-6,13,15H2,1-3H3,(H,23,25). The van der Waals surface area contributed by atoms with E-state index in [1.54, 1.807) is 18.2 Å². The highest BCUT2D eigenvalue weighted by Crippen LogP contribution is 2.36. The van der Waals surface area contributed by atoms with Crippen LogP contribution in [-0.4, -0.2) is 33.9 Å². The second-order valence-electron chi connectivity index (χ2n) is 7.42. The number of aryl methyl sites for hydroxylation is 1. The van der Waals surface area contributed by atoms with Crippen molar-refractivity contribution in [2.75, 3.05) is 23.9 Å².